The van der Waals surface area contributed by atoms with Crippen LogP contribution in [-0.2, 0) is 6.42 Å². The van der Waals surface area contributed by atoms with Gasteiger partial charge < -0.3 is 14.9 Å². The van der Waals surface area contributed by atoms with Crippen molar-refractivity contribution in [1.29, 1.82) is 0 Å². The molecule has 1 fully saturated rings. The summed E-state index contributed by atoms with van der Waals surface area (Å²) in [5.74, 6) is 0.695. The van der Waals surface area contributed by atoms with Crippen molar-refractivity contribution in [2.75, 3.05) is 6.54 Å². The van der Waals surface area contributed by atoms with Gasteiger partial charge in [-0.05, 0) is 84.0 Å². The summed E-state index contributed by atoms with van der Waals surface area (Å²) in [6, 6.07) is 11.1. The van der Waals surface area contributed by atoms with Gasteiger partial charge in [0.15, 0.2) is 5.78 Å². The number of benzene rings is 1. The van der Waals surface area contributed by atoms with Gasteiger partial charge in [-0.25, -0.2) is 0 Å². The average molecular weight is 434 g/mol. The molecular weight excluding hydrogens is 398 g/mol. The van der Waals surface area contributed by atoms with Crippen LogP contribution in [0.4, 0.5) is 0 Å². The molecule has 0 radical (unpaired) electrons. The number of hydrogen-bond acceptors (Lipinski definition) is 3. The second-order valence-electron chi connectivity index (χ2n) is 9.59. The van der Waals surface area contributed by atoms with Crippen molar-refractivity contribution in [3.8, 4) is 0 Å². The number of aromatic nitrogens is 2. The highest BCUT2D eigenvalue weighted by Crippen LogP contribution is 2.36. The number of carbonyl (C=O) groups excluding carboxylic acids is 1. The van der Waals surface area contributed by atoms with Crippen LogP contribution in [-0.4, -0.2) is 27.9 Å². The molecule has 0 bridgehead atoms. The highest BCUT2D eigenvalue weighted by atomic mass is 16.1. The lowest BCUT2D eigenvalue weighted by atomic mass is 9.87. The second-order valence-corrected chi connectivity index (χ2v) is 9.59. The van der Waals surface area contributed by atoms with Crippen molar-refractivity contribution in [3.05, 3.63) is 68.8 Å². The fourth-order valence-corrected chi connectivity index (χ4v) is 5.64. The quantitative estimate of drug-likeness (QED) is 0.537. The van der Waals surface area contributed by atoms with E-state index in [-0.39, 0.29) is 11.3 Å². The summed E-state index contributed by atoms with van der Waals surface area (Å²) in [6.45, 7) is 11.5. The zero-order valence-electron chi connectivity index (χ0n) is 19.9. The number of pyridine rings is 1. The van der Waals surface area contributed by atoms with Crippen LogP contribution < -0.4 is 10.9 Å². The Labute approximate surface area is 190 Å². The molecule has 2 N–H and O–H groups in total. The topological polar surface area (TPSA) is 66.9 Å². The van der Waals surface area contributed by atoms with E-state index in [0.29, 0.717) is 36.4 Å². The van der Waals surface area contributed by atoms with Crippen molar-refractivity contribution in [3.63, 3.8) is 0 Å². The molecule has 0 spiro atoms. The monoisotopic (exact) mass is 433 g/mol. The van der Waals surface area contributed by atoms with E-state index < -0.39 is 0 Å². The van der Waals surface area contributed by atoms with Crippen LogP contribution in [0.5, 0.6) is 0 Å². The summed E-state index contributed by atoms with van der Waals surface area (Å²) in [6.07, 6.45) is 3.09. The van der Waals surface area contributed by atoms with Gasteiger partial charge in [-0.2, -0.15) is 0 Å². The number of H-pyrrole nitrogens is 1. The highest BCUT2D eigenvalue weighted by molar-refractivity contribution is 6.09. The fourth-order valence-electron chi connectivity index (χ4n) is 5.64. The summed E-state index contributed by atoms with van der Waals surface area (Å²) in [5, 5.41) is 4.57. The Balaban J connectivity index is 1.67. The van der Waals surface area contributed by atoms with Gasteiger partial charge >= 0.3 is 0 Å². The Morgan fingerprint density at radius 1 is 1.22 bits per heavy atom. The average Bonchev–Trinajstić information content (AvgIpc) is 3.04. The van der Waals surface area contributed by atoms with Crippen LogP contribution in [0.3, 0.4) is 0 Å². The van der Waals surface area contributed by atoms with E-state index in [1.807, 2.05) is 26.0 Å². The molecule has 5 nitrogen and oxygen atoms in total. The number of Topliss-reactive ketones (excluding diaryl/α,β-unsaturated/α-hetero) is 1. The molecule has 0 amide bonds. The molecule has 32 heavy (non-hydrogen) atoms. The largest absolute Gasteiger partial charge is 0.341 e. The molecule has 5 heteroatoms. The minimum absolute atomic E-state index is 0.0805. The molecule has 0 aliphatic carbocycles. The first-order chi connectivity index (χ1) is 15.3. The Morgan fingerprint density at radius 2 is 1.97 bits per heavy atom. The van der Waals surface area contributed by atoms with Gasteiger partial charge in [-0.15, -0.1) is 0 Å². The van der Waals surface area contributed by atoms with Crippen LogP contribution in [0.2, 0.25) is 0 Å². The fraction of sp³-hybridized carbons (Fsp3) is 0.481. The van der Waals surface area contributed by atoms with Crippen molar-refractivity contribution in [1.82, 2.24) is 14.9 Å². The summed E-state index contributed by atoms with van der Waals surface area (Å²) in [4.78, 5) is 28.7. The molecule has 4 rings (SSSR count). The lowest BCUT2D eigenvalue weighted by Crippen LogP contribution is -2.38. The van der Waals surface area contributed by atoms with Gasteiger partial charge in [-0.3, -0.25) is 9.59 Å². The highest BCUT2D eigenvalue weighted by Gasteiger charge is 2.29. The van der Waals surface area contributed by atoms with E-state index in [1.165, 1.54) is 0 Å². The third-order valence-corrected chi connectivity index (χ3v) is 7.28. The van der Waals surface area contributed by atoms with E-state index in [9.17, 15) is 9.59 Å². The van der Waals surface area contributed by atoms with Gasteiger partial charge in [0.05, 0.1) is 0 Å². The first-order valence-corrected chi connectivity index (χ1v) is 11.8. The van der Waals surface area contributed by atoms with Gasteiger partial charge in [0.1, 0.15) is 0 Å². The number of para-hydroxylation sites is 1. The van der Waals surface area contributed by atoms with Crippen LogP contribution in [0.15, 0.2) is 35.1 Å². The van der Waals surface area contributed by atoms with Gasteiger partial charge in [-0.1, -0.05) is 18.2 Å². The molecule has 1 aliphatic rings. The number of piperidine rings is 1. The van der Waals surface area contributed by atoms with E-state index >= 15 is 0 Å². The SMILES string of the molecule is Cc1cc(C)c(CCC(=O)c2c(C)n(C(C)C3CCNC(C)C3)c3ccccc23)c(=O)[nH]1. The van der Waals surface area contributed by atoms with Crippen LogP contribution in [0.1, 0.15) is 72.0 Å². The maximum atomic E-state index is 13.5. The first-order valence-electron chi connectivity index (χ1n) is 11.8. The van der Waals surface area contributed by atoms with Crippen LogP contribution >= 0.6 is 0 Å². The summed E-state index contributed by atoms with van der Waals surface area (Å²) < 4.78 is 2.38. The number of ketones is 1. The number of carbonyl (C=O) groups is 1. The molecule has 3 aromatic rings. The van der Waals surface area contributed by atoms with Gasteiger partial charge in [0.2, 0.25) is 0 Å². The number of nitrogens with zero attached hydrogens (tertiary/aromatic N) is 1. The molecular formula is C27H35N3O2. The number of fused-ring (bicyclic) bond motifs is 1. The zero-order chi connectivity index (χ0) is 23.0. The molecule has 1 aliphatic heterocycles. The molecule has 0 saturated carbocycles. The number of aryl methyl sites for hydroxylation is 2. The third kappa shape index (κ3) is 4.18. The normalized spacial score (nSPS) is 19.9. The van der Waals surface area contributed by atoms with E-state index in [1.54, 1.807) is 0 Å². The molecule has 1 aromatic carbocycles. The lowest BCUT2D eigenvalue weighted by molar-refractivity contribution is 0.0983. The molecule has 1 saturated heterocycles. The minimum atomic E-state index is -0.0805. The number of aromatic amines is 1. The molecule has 3 atom stereocenters. The van der Waals surface area contributed by atoms with Gasteiger partial charge in [0, 0.05) is 51.9 Å². The smallest absolute Gasteiger partial charge is 0.251 e. The Hall–Kier alpha value is -2.66. The number of rotatable bonds is 6. The van der Waals surface area contributed by atoms with Crippen LogP contribution in [0.25, 0.3) is 10.9 Å². The molecule has 3 heterocycles. The van der Waals surface area contributed by atoms with Crippen molar-refractivity contribution in [2.24, 2.45) is 5.92 Å². The maximum Gasteiger partial charge on any atom is 0.251 e. The van der Waals surface area contributed by atoms with Crippen molar-refractivity contribution >= 4 is 16.7 Å². The Morgan fingerprint density at radius 3 is 2.69 bits per heavy atom. The van der Waals surface area contributed by atoms with Crippen molar-refractivity contribution < 1.29 is 4.79 Å². The molecule has 170 valence electrons. The lowest BCUT2D eigenvalue weighted by Gasteiger charge is -2.34. The molecule has 3 unspecified atom stereocenters. The maximum absolute atomic E-state index is 13.5. The van der Waals surface area contributed by atoms with Crippen molar-refractivity contribution in [2.45, 2.75) is 72.4 Å². The predicted octanol–water partition coefficient (Wildman–Crippen LogP) is 5.02. The number of hydrogen-bond donors (Lipinski definition) is 2. The Bertz CT molecular complexity index is 1200. The van der Waals surface area contributed by atoms with E-state index in [2.05, 4.69) is 53.8 Å². The first kappa shape index (κ1) is 22.5. The summed E-state index contributed by atoms with van der Waals surface area (Å²) in [5.41, 5.74) is 5.43. The standard InChI is InChI=1S/C27H35N3O2/c1-16-14-18(3)29-27(32)22(16)10-11-25(31)26-20(5)30(24-9-7-6-8-23(24)26)19(4)21-12-13-28-17(2)15-21/h6-9,14,17,19,21,28H,10-13,15H2,1-5H3,(H,29,32). The van der Waals surface area contributed by atoms with E-state index in [0.717, 1.165) is 52.8 Å². The summed E-state index contributed by atoms with van der Waals surface area (Å²) >= 11 is 0. The Kier molecular flexibility index (Phi) is 6.38. The third-order valence-electron chi connectivity index (χ3n) is 7.28. The predicted molar refractivity (Wildman–Crippen MR) is 131 cm³/mol. The van der Waals surface area contributed by atoms with Gasteiger partial charge in [0.25, 0.3) is 5.56 Å². The summed E-state index contributed by atoms with van der Waals surface area (Å²) in [7, 11) is 0. The minimum Gasteiger partial charge on any atom is -0.341 e. The van der Waals surface area contributed by atoms with E-state index in [4.69, 9.17) is 0 Å². The van der Waals surface area contributed by atoms with Crippen LogP contribution in [0, 0.1) is 26.7 Å². The molecule has 2 aromatic heterocycles. The number of nitrogens with one attached hydrogen (secondary N) is 2. The zero-order valence-corrected chi connectivity index (χ0v) is 19.9. The second kappa shape index (κ2) is 9.07.